The van der Waals surface area contributed by atoms with E-state index >= 15 is 0 Å². The summed E-state index contributed by atoms with van der Waals surface area (Å²) in [4.78, 5) is 15.9. The molecule has 0 aliphatic heterocycles. The normalized spacial score (nSPS) is 10.3. The Morgan fingerprint density at radius 3 is 2.71 bits per heavy atom. The van der Waals surface area contributed by atoms with Gasteiger partial charge in [-0.1, -0.05) is 6.07 Å². The fourth-order valence-corrected chi connectivity index (χ4v) is 1.52. The molecule has 4 heteroatoms. The van der Waals surface area contributed by atoms with Crippen LogP contribution in [0.15, 0.2) is 36.5 Å². The van der Waals surface area contributed by atoms with Crippen LogP contribution in [0, 0.1) is 18.6 Å². The topological polar surface area (TPSA) is 30.0 Å². The van der Waals surface area contributed by atoms with E-state index in [0.29, 0.717) is 5.56 Å². The third-order valence-corrected chi connectivity index (χ3v) is 2.40. The number of benzene rings is 1. The van der Waals surface area contributed by atoms with E-state index in [9.17, 15) is 13.6 Å². The highest BCUT2D eigenvalue weighted by Gasteiger charge is 2.17. The van der Waals surface area contributed by atoms with Gasteiger partial charge in [-0.05, 0) is 36.8 Å². The van der Waals surface area contributed by atoms with Crippen molar-refractivity contribution in [2.75, 3.05) is 0 Å². The van der Waals surface area contributed by atoms with Crippen molar-refractivity contribution in [1.82, 2.24) is 4.98 Å². The van der Waals surface area contributed by atoms with E-state index in [2.05, 4.69) is 4.98 Å². The monoisotopic (exact) mass is 233 g/mol. The Morgan fingerprint density at radius 1 is 1.24 bits per heavy atom. The van der Waals surface area contributed by atoms with Gasteiger partial charge in [-0.2, -0.15) is 0 Å². The number of nitrogens with zero attached hydrogens (tertiary/aromatic N) is 1. The number of ketones is 1. The van der Waals surface area contributed by atoms with Crippen molar-refractivity contribution >= 4 is 5.78 Å². The fourth-order valence-electron chi connectivity index (χ4n) is 1.52. The van der Waals surface area contributed by atoms with Crippen LogP contribution >= 0.6 is 0 Å². The van der Waals surface area contributed by atoms with Crippen molar-refractivity contribution in [2.45, 2.75) is 6.92 Å². The summed E-state index contributed by atoms with van der Waals surface area (Å²) in [5, 5.41) is 0. The molecule has 0 aliphatic carbocycles. The lowest BCUT2D eigenvalue weighted by molar-refractivity contribution is 0.102. The number of aryl methyl sites for hydroxylation is 1. The van der Waals surface area contributed by atoms with E-state index in [-0.39, 0.29) is 11.3 Å². The Morgan fingerprint density at radius 2 is 2.00 bits per heavy atom. The molecule has 0 aliphatic rings. The second-order valence-corrected chi connectivity index (χ2v) is 3.62. The maximum Gasteiger partial charge on any atom is 0.214 e. The molecule has 2 rings (SSSR count). The Kier molecular flexibility index (Phi) is 2.95. The lowest BCUT2D eigenvalue weighted by Crippen LogP contribution is -2.08. The van der Waals surface area contributed by atoms with Crippen molar-refractivity contribution < 1.29 is 13.6 Å². The minimum absolute atomic E-state index is 0.136. The summed E-state index contributed by atoms with van der Waals surface area (Å²) in [6.45, 7) is 1.69. The molecule has 0 fully saturated rings. The highest BCUT2D eigenvalue weighted by molar-refractivity contribution is 6.08. The smallest absolute Gasteiger partial charge is 0.214 e. The average molecular weight is 233 g/mol. The molecule has 86 valence electrons. The van der Waals surface area contributed by atoms with Gasteiger partial charge in [-0.15, -0.1) is 0 Å². The summed E-state index contributed by atoms with van der Waals surface area (Å²) in [5.41, 5.74) is 0.463. The number of pyridine rings is 1. The number of hydrogen-bond acceptors (Lipinski definition) is 2. The third kappa shape index (κ3) is 2.20. The maximum atomic E-state index is 13.4. The Bertz CT molecular complexity index is 581. The summed E-state index contributed by atoms with van der Waals surface area (Å²) < 4.78 is 26.4. The highest BCUT2D eigenvalue weighted by Crippen LogP contribution is 2.15. The molecule has 0 unspecified atom stereocenters. The van der Waals surface area contributed by atoms with E-state index in [1.54, 1.807) is 19.1 Å². The van der Waals surface area contributed by atoms with Crippen LogP contribution < -0.4 is 0 Å². The predicted molar refractivity (Wildman–Crippen MR) is 58.8 cm³/mol. The largest absolute Gasteiger partial charge is 0.287 e. The molecule has 0 spiro atoms. The lowest BCUT2D eigenvalue weighted by atomic mass is 10.0. The molecule has 1 aromatic heterocycles. The van der Waals surface area contributed by atoms with Gasteiger partial charge in [0.05, 0.1) is 5.56 Å². The average Bonchev–Trinajstić information content (AvgIpc) is 2.32. The van der Waals surface area contributed by atoms with Crippen LogP contribution in [-0.4, -0.2) is 10.8 Å². The minimum Gasteiger partial charge on any atom is -0.287 e. The van der Waals surface area contributed by atoms with Gasteiger partial charge in [0.2, 0.25) is 5.78 Å². The standard InChI is InChI=1S/C13H9F2NO/c1-8-3-2-6-16-12(8)13(17)10-7-9(14)4-5-11(10)15/h2-7H,1H3. The van der Waals surface area contributed by atoms with E-state index in [4.69, 9.17) is 0 Å². The zero-order chi connectivity index (χ0) is 12.4. The first-order valence-electron chi connectivity index (χ1n) is 5.01. The second kappa shape index (κ2) is 4.41. The van der Waals surface area contributed by atoms with E-state index in [0.717, 1.165) is 18.2 Å². The number of aromatic nitrogens is 1. The number of halogens is 2. The number of hydrogen-bond donors (Lipinski definition) is 0. The first-order valence-corrected chi connectivity index (χ1v) is 5.01. The van der Waals surface area contributed by atoms with Crippen LogP contribution in [-0.2, 0) is 0 Å². The van der Waals surface area contributed by atoms with Crippen LogP contribution in [0.4, 0.5) is 8.78 Å². The van der Waals surface area contributed by atoms with Crippen LogP contribution in [0.3, 0.4) is 0 Å². The Hall–Kier alpha value is -2.10. The SMILES string of the molecule is Cc1cccnc1C(=O)c1cc(F)ccc1F. The predicted octanol–water partition coefficient (Wildman–Crippen LogP) is 2.90. The number of rotatable bonds is 2. The maximum absolute atomic E-state index is 13.4. The van der Waals surface area contributed by atoms with Gasteiger partial charge in [0.15, 0.2) is 0 Å². The van der Waals surface area contributed by atoms with Gasteiger partial charge in [-0.25, -0.2) is 8.78 Å². The summed E-state index contributed by atoms with van der Waals surface area (Å²) >= 11 is 0. The van der Waals surface area contributed by atoms with Crippen LogP contribution in [0.2, 0.25) is 0 Å². The minimum atomic E-state index is -0.749. The summed E-state index contributed by atoms with van der Waals surface area (Å²) in [5.74, 6) is -2.01. The molecule has 2 nitrogen and oxygen atoms in total. The molecule has 0 saturated heterocycles. The van der Waals surface area contributed by atoms with Gasteiger partial charge >= 0.3 is 0 Å². The molecule has 0 saturated carbocycles. The van der Waals surface area contributed by atoms with Gasteiger partial charge in [0.1, 0.15) is 17.3 Å². The first kappa shape index (κ1) is 11.4. The van der Waals surface area contributed by atoms with E-state index < -0.39 is 17.4 Å². The van der Waals surface area contributed by atoms with E-state index in [1.807, 2.05) is 0 Å². The quantitative estimate of drug-likeness (QED) is 0.746. The molecule has 0 amide bonds. The zero-order valence-corrected chi connectivity index (χ0v) is 9.08. The third-order valence-electron chi connectivity index (χ3n) is 2.40. The van der Waals surface area contributed by atoms with Gasteiger partial charge in [-0.3, -0.25) is 9.78 Å². The Labute approximate surface area is 96.9 Å². The molecule has 1 aromatic carbocycles. The fraction of sp³-hybridized carbons (Fsp3) is 0.0769. The van der Waals surface area contributed by atoms with Crippen LogP contribution in [0.5, 0.6) is 0 Å². The number of carbonyl (C=O) groups is 1. The molecule has 0 N–H and O–H groups in total. The molecule has 0 atom stereocenters. The summed E-state index contributed by atoms with van der Waals surface area (Å²) in [7, 11) is 0. The molecule has 2 aromatic rings. The lowest BCUT2D eigenvalue weighted by Gasteiger charge is -2.04. The van der Waals surface area contributed by atoms with Crippen molar-refractivity contribution in [2.24, 2.45) is 0 Å². The molecule has 17 heavy (non-hydrogen) atoms. The second-order valence-electron chi connectivity index (χ2n) is 3.62. The van der Waals surface area contributed by atoms with Crippen LogP contribution in [0.25, 0.3) is 0 Å². The molecule has 1 heterocycles. The summed E-state index contributed by atoms with van der Waals surface area (Å²) in [6.07, 6.45) is 1.44. The molecular weight excluding hydrogens is 224 g/mol. The van der Waals surface area contributed by atoms with Crippen molar-refractivity contribution in [3.8, 4) is 0 Å². The van der Waals surface area contributed by atoms with Gasteiger partial charge < -0.3 is 0 Å². The van der Waals surface area contributed by atoms with Gasteiger partial charge in [0.25, 0.3) is 0 Å². The highest BCUT2D eigenvalue weighted by atomic mass is 19.1. The first-order chi connectivity index (χ1) is 8.09. The van der Waals surface area contributed by atoms with Gasteiger partial charge in [0, 0.05) is 6.20 Å². The summed E-state index contributed by atoms with van der Waals surface area (Å²) in [6, 6.07) is 6.15. The molecular formula is C13H9F2NO. The Balaban J connectivity index is 2.51. The van der Waals surface area contributed by atoms with E-state index in [1.165, 1.54) is 6.20 Å². The van der Waals surface area contributed by atoms with Crippen molar-refractivity contribution in [1.29, 1.82) is 0 Å². The zero-order valence-electron chi connectivity index (χ0n) is 9.08. The molecule has 0 radical (unpaired) electrons. The van der Waals surface area contributed by atoms with Crippen LogP contribution in [0.1, 0.15) is 21.6 Å². The van der Waals surface area contributed by atoms with Crippen molar-refractivity contribution in [3.63, 3.8) is 0 Å². The van der Waals surface area contributed by atoms with Crippen molar-refractivity contribution in [3.05, 3.63) is 65.0 Å². The molecule has 0 bridgehead atoms. The number of carbonyl (C=O) groups excluding carboxylic acids is 1.